The highest BCUT2D eigenvalue weighted by atomic mass is 32.2. The molecule has 1 rings (SSSR count). The van der Waals surface area contributed by atoms with E-state index >= 15 is 0 Å². The predicted octanol–water partition coefficient (Wildman–Crippen LogP) is 1.21. The van der Waals surface area contributed by atoms with Crippen LogP contribution in [-0.4, -0.2) is 27.2 Å². The number of halogens is 2. The largest absolute Gasteiger partial charge is 0.365 e. The molecule has 5 nitrogen and oxygen atoms in total. The van der Waals surface area contributed by atoms with Crippen LogP contribution < -0.4 is 16.6 Å². The Labute approximate surface area is 107 Å². The molecule has 0 amide bonds. The molecule has 0 spiro atoms. The third-order valence-corrected chi connectivity index (χ3v) is 3.10. The molecule has 0 saturated heterocycles. The second kappa shape index (κ2) is 6.60. The van der Waals surface area contributed by atoms with Gasteiger partial charge in [0, 0.05) is 34.9 Å². The molecule has 0 saturated carbocycles. The molecule has 1 aromatic rings. The molecular formula is C10H16F2N4OS. The second-order valence-corrected chi connectivity index (χ2v) is 5.46. The molecule has 0 fully saturated rings. The lowest BCUT2D eigenvalue weighted by Gasteiger charge is -2.15. The summed E-state index contributed by atoms with van der Waals surface area (Å²) >= 11 is 0. The van der Waals surface area contributed by atoms with Gasteiger partial charge in [0.05, 0.1) is 0 Å². The number of hydrogen-bond donors (Lipinski definition) is 3. The molecule has 18 heavy (non-hydrogen) atoms. The third kappa shape index (κ3) is 4.19. The van der Waals surface area contributed by atoms with Crippen LogP contribution in [-0.2, 0) is 10.8 Å². The molecule has 8 heteroatoms. The van der Waals surface area contributed by atoms with Crippen molar-refractivity contribution in [2.75, 3.05) is 22.8 Å². The number of hydrazine groups is 1. The topological polar surface area (TPSA) is 80.0 Å². The normalized spacial score (nSPS) is 14.1. The minimum absolute atomic E-state index is 0.0845. The number of nitrogens with two attached hydrogens (primary N) is 1. The van der Waals surface area contributed by atoms with Gasteiger partial charge >= 0.3 is 0 Å². The number of rotatable bonds is 6. The Hall–Kier alpha value is -1.28. The number of nitrogens with one attached hydrogen (secondary N) is 2. The van der Waals surface area contributed by atoms with Crippen molar-refractivity contribution in [3.63, 3.8) is 0 Å². The Morgan fingerprint density at radius 2 is 2.06 bits per heavy atom. The summed E-state index contributed by atoms with van der Waals surface area (Å²) < 4.78 is 37.5. The van der Waals surface area contributed by atoms with Gasteiger partial charge < -0.3 is 10.7 Å². The number of nitrogens with zero attached hydrogens (tertiary/aromatic N) is 1. The van der Waals surface area contributed by atoms with Gasteiger partial charge in [-0.3, -0.25) is 4.21 Å². The minimum Gasteiger partial charge on any atom is -0.365 e. The summed E-state index contributed by atoms with van der Waals surface area (Å²) in [7, 11) is -0.906. The van der Waals surface area contributed by atoms with Crippen molar-refractivity contribution >= 4 is 22.4 Å². The quantitative estimate of drug-likeness (QED) is 0.538. The zero-order valence-electron chi connectivity index (χ0n) is 10.2. The Balaban J connectivity index is 2.74. The fourth-order valence-corrected chi connectivity index (χ4v) is 2.00. The summed E-state index contributed by atoms with van der Waals surface area (Å²) in [6, 6.07) is 0.571. The molecule has 2 unspecified atom stereocenters. The first-order chi connectivity index (χ1) is 8.43. The van der Waals surface area contributed by atoms with Crippen LogP contribution in [0.25, 0.3) is 0 Å². The fraction of sp³-hybridized carbons (Fsp3) is 0.500. The smallest absolute Gasteiger partial charge is 0.178 e. The molecule has 0 radical (unpaired) electrons. The number of nitrogen functional groups attached to an aromatic ring is 1. The maximum atomic E-state index is 13.4. The standard InChI is InChI=1S/C10H16F2N4OS/c1-6(3-4-18(2)17)14-9-7(11)5-8(12)10(15-9)16-13/h5-6H,3-4,13H2,1-2H3,(H2,14,15,16). The summed E-state index contributed by atoms with van der Waals surface area (Å²) in [5, 5.41) is 2.78. The Morgan fingerprint density at radius 3 is 2.61 bits per heavy atom. The SMILES string of the molecule is CC(CCS(C)=O)Nc1nc(NN)c(F)cc1F. The number of anilines is 2. The summed E-state index contributed by atoms with van der Waals surface area (Å²) in [6.07, 6.45) is 2.19. The number of hydrogen-bond acceptors (Lipinski definition) is 5. The maximum Gasteiger partial charge on any atom is 0.178 e. The van der Waals surface area contributed by atoms with Crippen molar-refractivity contribution in [1.29, 1.82) is 0 Å². The van der Waals surface area contributed by atoms with Gasteiger partial charge in [0.2, 0.25) is 0 Å². The van der Waals surface area contributed by atoms with Crippen LogP contribution in [0.4, 0.5) is 20.4 Å². The van der Waals surface area contributed by atoms with E-state index in [1.165, 1.54) is 0 Å². The predicted molar refractivity (Wildman–Crippen MR) is 68.6 cm³/mol. The van der Waals surface area contributed by atoms with E-state index in [0.29, 0.717) is 18.2 Å². The highest BCUT2D eigenvalue weighted by Crippen LogP contribution is 2.19. The first-order valence-corrected chi connectivity index (χ1v) is 7.06. The van der Waals surface area contributed by atoms with Crippen molar-refractivity contribution in [1.82, 2.24) is 4.98 Å². The summed E-state index contributed by atoms with van der Waals surface area (Å²) in [4.78, 5) is 3.68. The molecule has 4 N–H and O–H groups in total. The number of aromatic nitrogens is 1. The van der Waals surface area contributed by atoms with Crippen molar-refractivity contribution in [3.8, 4) is 0 Å². The van der Waals surface area contributed by atoms with Crippen LogP contribution in [0.5, 0.6) is 0 Å². The van der Waals surface area contributed by atoms with E-state index in [9.17, 15) is 13.0 Å². The third-order valence-electron chi connectivity index (χ3n) is 2.29. The molecule has 0 bridgehead atoms. The molecule has 2 atom stereocenters. The van der Waals surface area contributed by atoms with Crippen molar-refractivity contribution in [3.05, 3.63) is 17.7 Å². The van der Waals surface area contributed by atoms with Gasteiger partial charge in [-0.1, -0.05) is 0 Å². The van der Waals surface area contributed by atoms with E-state index in [4.69, 9.17) is 5.84 Å². The van der Waals surface area contributed by atoms with Crippen LogP contribution >= 0.6 is 0 Å². The van der Waals surface area contributed by atoms with Gasteiger partial charge in [-0.2, -0.15) is 0 Å². The van der Waals surface area contributed by atoms with Crippen LogP contribution in [0.1, 0.15) is 13.3 Å². The molecule has 1 heterocycles. The van der Waals surface area contributed by atoms with Crippen LogP contribution in [0, 0.1) is 11.6 Å². The lowest BCUT2D eigenvalue weighted by molar-refractivity contribution is 0.575. The summed E-state index contributed by atoms with van der Waals surface area (Å²) in [5.41, 5.74) is 2.04. The lowest BCUT2D eigenvalue weighted by atomic mass is 10.2. The Bertz CT molecular complexity index is 444. The van der Waals surface area contributed by atoms with E-state index in [2.05, 4.69) is 10.3 Å². The van der Waals surface area contributed by atoms with Gasteiger partial charge in [-0.15, -0.1) is 0 Å². The van der Waals surface area contributed by atoms with Gasteiger partial charge in [0.1, 0.15) is 0 Å². The van der Waals surface area contributed by atoms with Crippen LogP contribution in [0.15, 0.2) is 6.07 Å². The molecule has 0 aromatic carbocycles. The van der Waals surface area contributed by atoms with E-state index in [1.807, 2.05) is 5.43 Å². The minimum atomic E-state index is -0.906. The van der Waals surface area contributed by atoms with Gasteiger partial charge in [-0.25, -0.2) is 19.6 Å². The van der Waals surface area contributed by atoms with Crippen LogP contribution in [0.3, 0.4) is 0 Å². The Kier molecular flexibility index (Phi) is 5.42. The first-order valence-electron chi connectivity index (χ1n) is 5.33. The van der Waals surface area contributed by atoms with Gasteiger partial charge in [-0.05, 0) is 13.3 Å². The Morgan fingerprint density at radius 1 is 1.44 bits per heavy atom. The van der Waals surface area contributed by atoms with Gasteiger partial charge in [0.25, 0.3) is 0 Å². The first kappa shape index (κ1) is 14.8. The molecule has 102 valence electrons. The molecule has 1 aromatic heterocycles. The molecule has 0 aliphatic heterocycles. The number of pyridine rings is 1. The monoisotopic (exact) mass is 278 g/mol. The van der Waals surface area contributed by atoms with E-state index < -0.39 is 22.4 Å². The maximum absolute atomic E-state index is 13.4. The summed E-state index contributed by atoms with van der Waals surface area (Å²) in [5.74, 6) is 3.59. The average Bonchev–Trinajstić information content (AvgIpc) is 2.30. The summed E-state index contributed by atoms with van der Waals surface area (Å²) in [6.45, 7) is 1.80. The van der Waals surface area contributed by atoms with E-state index in [1.54, 1.807) is 13.2 Å². The van der Waals surface area contributed by atoms with Crippen molar-refractivity contribution in [2.45, 2.75) is 19.4 Å². The highest BCUT2D eigenvalue weighted by Gasteiger charge is 2.13. The molecule has 0 aliphatic rings. The highest BCUT2D eigenvalue weighted by molar-refractivity contribution is 7.84. The average molecular weight is 278 g/mol. The second-order valence-electron chi connectivity index (χ2n) is 3.90. The zero-order chi connectivity index (χ0) is 13.7. The van der Waals surface area contributed by atoms with Gasteiger partial charge in [0.15, 0.2) is 23.3 Å². The lowest BCUT2D eigenvalue weighted by Crippen LogP contribution is -2.21. The molecular weight excluding hydrogens is 262 g/mol. The van der Waals surface area contributed by atoms with E-state index in [-0.39, 0.29) is 17.7 Å². The zero-order valence-corrected chi connectivity index (χ0v) is 11.0. The van der Waals surface area contributed by atoms with Crippen molar-refractivity contribution in [2.24, 2.45) is 5.84 Å². The van der Waals surface area contributed by atoms with Crippen LogP contribution in [0.2, 0.25) is 0 Å². The molecule has 0 aliphatic carbocycles. The fourth-order valence-electron chi connectivity index (χ4n) is 1.32. The van der Waals surface area contributed by atoms with E-state index in [0.717, 1.165) is 0 Å². The van der Waals surface area contributed by atoms with Crippen molar-refractivity contribution < 1.29 is 13.0 Å².